The van der Waals surface area contributed by atoms with E-state index < -0.39 is 5.91 Å². The molecule has 0 bridgehead atoms. The van der Waals surface area contributed by atoms with E-state index in [0.717, 1.165) is 37.3 Å². The van der Waals surface area contributed by atoms with E-state index in [1.165, 1.54) is 12.8 Å². The number of carbonyl (C=O) groups excluding carboxylic acids is 1. The molecule has 2 saturated carbocycles. The summed E-state index contributed by atoms with van der Waals surface area (Å²) in [7, 11) is 0. The third-order valence-electron chi connectivity index (χ3n) is 6.00. The first-order valence-corrected chi connectivity index (χ1v) is 10.5. The van der Waals surface area contributed by atoms with Crippen LogP contribution in [-0.2, 0) is 0 Å². The number of aromatic nitrogens is 2. The van der Waals surface area contributed by atoms with E-state index in [0.29, 0.717) is 34.5 Å². The molecule has 4 N–H and O–H groups in total. The molecule has 7 heteroatoms. The molecule has 0 radical (unpaired) electrons. The molecule has 28 heavy (non-hydrogen) atoms. The Morgan fingerprint density at radius 1 is 1.18 bits per heavy atom. The van der Waals surface area contributed by atoms with Gasteiger partial charge in [-0.3, -0.25) is 9.48 Å². The van der Waals surface area contributed by atoms with E-state index in [1.807, 2.05) is 16.8 Å². The van der Waals surface area contributed by atoms with Gasteiger partial charge in [-0.25, -0.2) is 0 Å². The summed E-state index contributed by atoms with van der Waals surface area (Å²) in [4.78, 5) is 11.9. The number of hydrogen-bond donors (Lipinski definition) is 3. The van der Waals surface area contributed by atoms with Crippen LogP contribution in [0.1, 0.15) is 61.8 Å². The Kier molecular flexibility index (Phi) is 5.60. The number of amides is 1. The van der Waals surface area contributed by atoms with Gasteiger partial charge in [-0.1, -0.05) is 11.6 Å². The predicted octanol–water partition coefficient (Wildman–Crippen LogP) is 4.25. The number of rotatable bonds is 7. The van der Waals surface area contributed by atoms with Crippen LogP contribution in [0.4, 0.5) is 11.5 Å². The molecule has 1 aromatic carbocycles. The summed E-state index contributed by atoms with van der Waals surface area (Å²) < 4.78 is 1.92. The highest BCUT2D eigenvalue weighted by atomic mass is 35.5. The van der Waals surface area contributed by atoms with Gasteiger partial charge in [0, 0.05) is 29.0 Å². The van der Waals surface area contributed by atoms with Crippen molar-refractivity contribution in [1.29, 1.82) is 0 Å². The summed E-state index contributed by atoms with van der Waals surface area (Å²) in [6.45, 7) is 2.31. The van der Waals surface area contributed by atoms with E-state index in [9.17, 15) is 4.79 Å². The Hall–Kier alpha value is -2.05. The summed E-state index contributed by atoms with van der Waals surface area (Å²) in [5.74, 6) is 0.900. The average Bonchev–Trinajstić information content (AvgIpc) is 3.45. The predicted molar refractivity (Wildman–Crippen MR) is 112 cm³/mol. The van der Waals surface area contributed by atoms with Crippen LogP contribution in [0.5, 0.6) is 0 Å². The molecule has 2 aliphatic carbocycles. The van der Waals surface area contributed by atoms with Gasteiger partial charge in [0.25, 0.3) is 5.91 Å². The molecule has 2 fully saturated rings. The topological polar surface area (TPSA) is 85.0 Å². The molecule has 1 atom stereocenters. The maximum Gasteiger partial charge on any atom is 0.254 e. The van der Waals surface area contributed by atoms with Gasteiger partial charge in [0.05, 0.1) is 6.04 Å². The van der Waals surface area contributed by atoms with Crippen LogP contribution in [-0.4, -0.2) is 27.8 Å². The largest absolute Gasteiger partial charge is 0.365 e. The summed E-state index contributed by atoms with van der Waals surface area (Å²) in [6.07, 6.45) is 8.89. The summed E-state index contributed by atoms with van der Waals surface area (Å²) in [5, 5.41) is 12.3. The third kappa shape index (κ3) is 4.50. The quantitative estimate of drug-likeness (QED) is 0.647. The molecule has 1 amide bonds. The Labute approximate surface area is 170 Å². The standard InChI is InChI=1S/C21H28ClN5O/c1-13(14-2-3-14)24-16-8-10-18(11-9-16)27-12-19(20(23)28)21(26-27)25-17-6-4-15(22)5-7-17/h4-7,12-14,16,18,24H,2-3,8-11H2,1H3,(H2,23,28)(H,25,26)/t13-,16-,18-/m0/s1. The molecule has 0 saturated heterocycles. The van der Waals surface area contributed by atoms with Crippen molar-refractivity contribution < 1.29 is 4.79 Å². The molecule has 150 valence electrons. The zero-order valence-electron chi connectivity index (χ0n) is 16.2. The van der Waals surface area contributed by atoms with Crippen LogP contribution in [0.25, 0.3) is 0 Å². The number of hydrogen-bond acceptors (Lipinski definition) is 4. The van der Waals surface area contributed by atoms with Crippen molar-refractivity contribution in [3.63, 3.8) is 0 Å². The third-order valence-corrected chi connectivity index (χ3v) is 6.25. The smallest absolute Gasteiger partial charge is 0.254 e. The van der Waals surface area contributed by atoms with Gasteiger partial charge in [-0.15, -0.1) is 0 Å². The average molecular weight is 402 g/mol. The minimum absolute atomic E-state index is 0.299. The van der Waals surface area contributed by atoms with Crippen molar-refractivity contribution in [2.24, 2.45) is 11.7 Å². The Morgan fingerprint density at radius 3 is 2.46 bits per heavy atom. The Balaban J connectivity index is 1.42. The first kappa shape index (κ1) is 19.3. The zero-order valence-corrected chi connectivity index (χ0v) is 17.0. The van der Waals surface area contributed by atoms with E-state index >= 15 is 0 Å². The normalized spacial score (nSPS) is 23.4. The van der Waals surface area contributed by atoms with E-state index in [2.05, 4.69) is 22.7 Å². The highest BCUT2D eigenvalue weighted by molar-refractivity contribution is 6.30. The van der Waals surface area contributed by atoms with Gasteiger partial charge in [0.1, 0.15) is 5.56 Å². The first-order valence-electron chi connectivity index (χ1n) is 10.2. The van der Waals surface area contributed by atoms with Gasteiger partial charge < -0.3 is 16.4 Å². The van der Waals surface area contributed by atoms with Gasteiger partial charge in [-0.2, -0.15) is 5.10 Å². The van der Waals surface area contributed by atoms with E-state index in [1.54, 1.807) is 18.3 Å². The fraction of sp³-hybridized carbons (Fsp3) is 0.524. The molecule has 4 rings (SSSR count). The van der Waals surface area contributed by atoms with Crippen molar-refractivity contribution in [1.82, 2.24) is 15.1 Å². The number of nitrogens with one attached hydrogen (secondary N) is 2. The van der Waals surface area contributed by atoms with Crippen LogP contribution < -0.4 is 16.4 Å². The SMILES string of the molecule is C[C@H](N[C@H]1CC[C@H](n2cc(C(N)=O)c(Nc3ccc(Cl)cc3)n2)CC1)C1CC1. The molecule has 2 aliphatic rings. The van der Waals surface area contributed by atoms with Crippen molar-refractivity contribution in [2.75, 3.05) is 5.32 Å². The van der Waals surface area contributed by atoms with Crippen molar-refractivity contribution in [3.05, 3.63) is 41.0 Å². The van der Waals surface area contributed by atoms with Crippen molar-refractivity contribution >= 4 is 29.0 Å². The van der Waals surface area contributed by atoms with Crippen molar-refractivity contribution in [2.45, 2.75) is 63.6 Å². The number of nitrogens with two attached hydrogens (primary N) is 1. The summed E-state index contributed by atoms with van der Waals surface area (Å²) in [5.41, 5.74) is 6.82. The van der Waals surface area contributed by atoms with Gasteiger partial charge >= 0.3 is 0 Å². The second-order valence-electron chi connectivity index (χ2n) is 8.17. The van der Waals surface area contributed by atoms with Crippen molar-refractivity contribution in [3.8, 4) is 0 Å². The highest BCUT2D eigenvalue weighted by Crippen LogP contribution is 2.35. The minimum Gasteiger partial charge on any atom is -0.365 e. The fourth-order valence-electron chi connectivity index (χ4n) is 4.13. The summed E-state index contributed by atoms with van der Waals surface area (Å²) >= 11 is 5.94. The molecule has 1 heterocycles. The number of carbonyl (C=O) groups is 1. The van der Waals surface area contributed by atoms with Crippen LogP contribution in [0.15, 0.2) is 30.5 Å². The first-order chi connectivity index (χ1) is 13.5. The van der Waals surface area contributed by atoms with E-state index in [4.69, 9.17) is 17.3 Å². The van der Waals surface area contributed by atoms with E-state index in [-0.39, 0.29) is 0 Å². The molecule has 0 spiro atoms. The maximum atomic E-state index is 11.9. The lowest BCUT2D eigenvalue weighted by molar-refractivity contribution is 0.100. The number of halogens is 1. The lowest BCUT2D eigenvalue weighted by atomic mass is 9.90. The Bertz CT molecular complexity index is 822. The number of nitrogens with zero attached hydrogens (tertiary/aromatic N) is 2. The fourth-order valence-corrected chi connectivity index (χ4v) is 4.26. The van der Waals surface area contributed by atoms with Crippen LogP contribution >= 0.6 is 11.6 Å². The van der Waals surface area contributed by atoms with Crippen LogP contribution in [0, 0.1) is 5.92 Å². The van der Waals surface area contributed by atoms with Gasteiger partial charge in [0.15, 0.2) is 5.82 Å². The minimum atomic E-state index is -0.476. The molecule has 1 aromatic heterocycles. The molecule has 2 aromatic rings. The van der Waals surface area contributed by atoms with Gasteiger partial charge in [0.2, 0.25) is 0 Å². The molecular formula is C21H28ClN5O. The molecular weight excluding hydrogens is 374 g/mol. The lowest BCUT2D eigenvalue weighted by Gasteiger charge is -2.31. The molecule has 0 aliphatic heterocycles. The summed E-state index contributed by atoms with van der Waals surface area (Å²) in [6, 6.07) is 8.80. The van der Waals surface area contributed by atoms with Gasteiger partial charge in [-0.05, 0) is 75.6 Å². The highest BCUT2D eigenvalue weighted by Gasteiger charge is 2.31. The number of benzene rings is 1. The monoisotopic (exact) mass is 401 g/mol. The second-order valence-corrected chi connectivity index (χ2v) is 8.60. The number of primary amides is 1. The van der Waals surface area contributed by atoms with Crippen LogP contribution in [0.3, 0.4) is 0 Å². The Morgan fingerprint density at radius 2 is 1.86 bits per heavy atom. The van der Waals surface area contributed by atoms with Crippen LogP contribution in [0.2, 0.25) is 5.02 Å². The zero-order chi connectivity index (χ0) is 19.7. The lowest BCUT2D eigenvalue weighted by Crippen LogP contribution is -2.40. The molecule has 6 nitrogen and oxygen atoms in total. The number of anilines is 2. The maximum absolute atomic E-state index is 11.9. The second kappa shape index (κ2) is 8.13. The molecule has 0 unspecified atom stereocenters.